The Morgan fingerprint density at radius 3 is 3.07 bits per heavy atom. The van der Waals surface area contributed by atoms with Crippen LogP contribution in [0.15, 0.2) is 34.9 Å². The zero-order chi connectivity index (χ0) is 9.80. The van der Waals surface area contributed by atoms with Crippen LogP contribution in [0.5, 0.6) is 5.75 Å². The molecular weight excluding hydrogens is 180 g/mol. The van der Waals surface area contributed by atoms with Crippen molar-refractivity contribution in [1.82, 2.24) is 0 Å². The van der Waals surface area contributed by atoms with Crippen molar-refractivity contribution in [2.24, 2.45) is 0 Å². The Kier molecular flexibility index (Phi) is 2.70. The van der Waals surface area contributed by atoms with Crippen LogP contribution in [0.3, 0.4) is 0 Å². The minimum Gasteiger partial charge on any atom is -0.468 e. The Morgan fingerprint density at radius 2 is 2.21 bits per heavy atom. The van der Waals surface area contributed by atoms with E-state index in [-0.39, 0.29) is 0 Å². The van der Waals surface area contributed by atoms with Crippen LogP contribution in [-0.2, 0) is 4.74 Å². The van der Waals surface area contributed by atoms with Crippen LogP contribution in [-0.4, -0.2) is 13.4 Å². The van der Waals surface area contributed by atoms with Gasteiger partial charge in [0, 0.05) is 12.0 Å². The summed E-state index contributed by atoms with van der Waals surface area (Å²) in [6.45, 7) is 2.89. The largest absolute Gasteiger partial charge is 0.468 e. The van der Waals surface area contributed by atoms with Crippen molar-refractivity contribution in [3.63, 3.8) is 0 Å². The highest BCUT2D eigenvalue weighted by molar-refractivity contribution is 5.78. The predicted octanol–water partition coefficient (Wildman–Crippen LogP) is 2.81. The molecule has 0 spiro atoms. The highest BCUT2D eigenvalue weighted by Crippen LogP contribution is 2.21. The molecule has 0 radical (unpaired) electrons. The van der Waals surface area contributed by atoms with Crippen LogP contribution >= 0.6 is 0 Å². The highest BCUT2D eigenvalue weighted by Gasteiger charge is 1.98. The molecule has 3 nitrogen and oxygen atoms in total. The van der Waals surface area contributed by atoms with Gasteiger partial charge >= 0.3 is 0 Å². The van der Waals surface area contributed by atoms with Gasteiger partial charge in [0.15, 0.2) is 6.79 Å². The fourth-order valence-corrected chi connectivity index (χ4v) is 1.23. The van der Waals surface area contributed by atoms with Gasteiger partial charge in [0.2, 0.25) is 0 Å². The Hall–Kier alpha value is -1.48. The van der Waals surface area contributed by atoms with Gasteiger partial charge in [-0.3, -0.25) is 0 Å². The van der Waals surface area contributed by atoms with Crippen molar-refractivity contribution in [3.05, 3.63) is 30.5 Å². The Morgan fingerprint density at radius 1 is 1.29 bits per heavy atom. The van der Waals surface area contributed by atoms with E-state index in [1.165, 1.54) is 0 Å². The van der Waals surface area contributed by atoms with E-state index in [0.29, 0.717) is 13.4 Å². The lowest BCUT2D eigenvalue weighted by molar-refractivity contribution is 0.0225. The number of furan rings is 1. The molecule has 0 saturated heterocycles. The van der Waals surface area contributed by atoms with Crippen LogP contribution in [0.2, 0.25) is 0 Å². The molecule has 0 unspecified atom stereocenters. The molecule has 0 aliphatic rings. The average molecular weight is 192 g/mol. The molecule has 0 fully saturated rings. The standard InChI is InChI=1S/C11H12O3/c1-2-12-8-14-10-3-4-11-9(7-10)5-6-13-11/h3-7H,2,8H2,1H3. The van der Waals surface area contributed by atoms with E-state index in [1.54, 1.807) is 6.26 Å². The zero-order valence-electron chi connectivity index (χ0n) is 8.03. The zero-order valence-corrected chi connectivity index (χ0v) is 8.03. The van der Waals surface area contributed by atoms with Gasteiger partial charge in [0.1, 0.15) is 11.3 Å². The summed E-state index contributed by atoms with van der Waals surface area (Å²) in [6.07, 6.45) is 1.66. The van der Waals surface area contributed by atoms with Crippen molar-refractivity contribution in [2.75, 3.05) is 13.4 Å². The molecule has 74 valence electrons. The van der Waals surface area contributed by atoms with Crippen molar-refractivity contribution in [3.8, 4) is 5.75 Å². The van der Waals surface area contributed by atoms with E-state index in [4.69, 9.17) is 13.9 Å². The van der Waals surface area contributed by atoms with Crippen LogP contribution in [0, 0.1) is 0 Å². The summed E-state index contributed by atoms with van der Waals surface area (Å²) < 4.78 is 15.7. The van der Waals surface area contributed by atoms with Gasteiger partial charge in [-0.15, -0.1) is 0 Å². The molecule has 14 heavy (non-hydrogen) atoms. The lowest BCUT2D eigenvalue weighted by Gasteiger charge is -2.04. The number of rotatable bonds is 4. The molecular formula is C11H12O3. The topological polar surface area (TPSA) is 31.6 Å². The maximum atomic E-state index is 5.36. The molecule has 0 amide bonds. The van der Waals surface area contributed by atoms with Crippen LogP contribution in [0.25, 0.3) is 11.0 Å². The summed E-state index contributed by atoms with van der Waals surface area (Å²) in [7, 11) is 0. The SMILES string of the molecule is CCOCOc1ccc2occc2c1. The molecule has 1 aromatic heterocycles. The van der Waals surface area contributed by atoms with Gasteiger partial charge in [0.25, 0.3) is 0 Å². The second-order valence-electron chi connectivity index (χ2n) is 2.88. The summed E-state index contributed by atoms with van der Waals surface area (Å²) >= 11 is 0. The average Bonchev–Trinajstić information content (AvgIpc) is 2.65. The summed E-state index contributed by atoms with van der Waals surface area (Å²) in [5.74, 6) is 0.798. The van der Waals surface area contributed by atoms with Gasteiger partial charge in [0.05, 0.1) is 6.26 Å². The van der Waals surface area contributed by atoms with Gasteiger partial charge in [-0.05, 0) is 31.2 Å². The molecule has 1 heterocycles. The van der Waals surface area contributed by atoms with Crippen LogP contribution in [0.4, 0.5) is 0 Å². The molecule has 2 rings (SSSR count). The number of hydrogen-bond acceptors (Lipinski definition) is 3. The maximum absolute atomic E-state index is 5.36. The summed E-state index contributed by atoms with van der Waals surface area (Å²) in [5.41, 5.74) is 0.869. The second-order valence-corrected chi connectivity index (χ2v) is 2.88. The smallest absolute Gasteiger partial charge is 0.189 e. The van der Waals surface area contributed by atoms with E-state index in [9.17, 15) is 0 Å². The van der Waals surface area contributed by atoms with E-state index in [2.05, 4.69) is 0 Å². The summed E-state index contributed by atoms with van der Waals surface area (Å²) in [6, 6.07) is 7.59. The first kappa shape index (κ1) is 9.09. The number of hydrogen-bond donors (Lipinski definition) is 0. The first-order chi connectivity index (χ1) is 6.90. The molecule has 0 N–H and O–H groups in total. The van der Waals surface area contributed by atoms with Crippen LogP contribution < -0.4 is 4.74 Å². The second kappa shape index (κ2) is 4.15. The third-order valence-electron chi connectivity index (χ3n) is 1.94. The van der Waals surface area contributed by atoms with Gasteiger partial charge in [-0.1, -0.05) is 0 Å². The number of fused-ring (bicyclic) bond motifs is 1. The third-order valence-corrected chi connectivity index (χ3v) is 1.94. The van der Waals surface area contributed by atoms with E-state index in [1.807, 2.05) is 31.2 Å². The number of ether oxygens (including phenoxy) is 2. The normalized spacial score (nSPS) is 10.6. The maximum Gasteiger partial charge on any atom is 0.189 e. The molecule has 0 aliphatic heterocycles. The highest BCUT2D eigenvalue weighted by atomic mass is 16.7. The quantitative estimate of drug-likeness (QED) is 0.551. The fourth-order valence-electron chi connectivity index (χ4n) is 1.23. The van der Waals surface area contributed by atoms with Crippen molar-refractivity contribution in [1.29, 1.82) is 0 Å². The lowest BCUT2D eigenvalue weighted by Crippen LogP contribution is -2.01. The minimum atomic E-state index is 0.292. The number of benzene rings is 1. The monoisotopic (exact) mass is 192 g/mol. The first-order valence-electron chi connectivity index (χ1n) is 4.58. The fraction of sp³-hybridized carbons (Fsp3) is 0.273. The minimum absolute atomic E-state index is 0.292. The summed E-state index contributed by atoms with van der Waals surface area (Å²) in [5, 5.41) is 1.04. The molecule has 0 aliphatic carbocycles. The molecule has 0 atom stereocenters. The molecule has 0 bridgehead atoms. The third kappa shape index (κ3) is 1.88. The van der Waals surface area contributed by atoms with Gasteiger partial charge < -0.3 is 13.9 Å². The van der Waals surface area contributed by atoms with E-state index >= 15 is 0 Å². The van der Waals surface area contributed by atoms with Crippen LogP contribution in [0.1, 0.15) is 6.92 Å². The molecule has 3 heteroatoms. The molecule has 1 aromatic carbocycles. The molecule has 0 saturated carbocycles. The predicted molar refractivity (Wildman–Crippen MR) is 53.3 cm³/mol. The Balaban J connectivity index is 2.10. The van der Waals surface area contributed by atoms with Crippen molar-refractivity contribution >= 4 is 11.0 Å². The summed E-state index contributed by atoms with van der Waals surface area (Å²) in [4.78, 5) is 0. The Bertz CT molecular complexity index is 406. The van der Waals surface area contributed by atoms with Crippen molar-refractivity contribution in [2.45, 2.75) is 6.92 Å². The molecule has 2 aromatic rings. The van der Waals surface area contributed by atoms with E-state index < -0.39 is 0 Å². The lowest BCUT2D eigenvalue weighted by atomic mass is 10.2. The van der Waals surface area contributed by atoms with Gasteiger partial charge in [-0.2, -0.15) is 0 Å². The van der Waals surface area contributed by atoms with Crippen molar-refractivity contribution < 1.29 is 13.9 Å². The first-order valence-corrected chi connectivity index (χ1v) is 4.58. The van der Waals surface area contributed by atoms with Gasteiger partial charge in [-0.25, -0.2) is 0 Å². The van der Waals surface area contributed by atoms with E-state index in [0.717, 1.165) is 16.7 Å². The Labute approximate surface area is 82.2 Å².